The SMILES string of the molecule is C=CC[NH+]1CCN(C(=O)c2cccc(F)c2)CC1. The van der Waals surface area contributed by atoms with Crippen LogP contribution in [0, 0.1) is 5.82 Å². The Morgan fingerprint density at radius 1 is 1.44 bits per heavy atom. The molecule has 0 saturated carbocycles. The molecular formula is C14H18FN2O+. The maximum Gasteiger partial charge on any atom is 0.254 e. The van der Waals surface area contributed by atoms with Crippen LogP contribution in [0.2, 0.25) is 0 Å². The molecule has 1 heterocycles. The van der Waals surface area contributed by atoms with Crippen LogP contribution in [0.4, 0.5) is 4.39 Å². The monoisotopic (exact) mass is 249 g/mol. The van der Waals surface area contributed by atoms with Gasteiger partial charge in [0.2, 0.25) is 0 Å². The molecule has 1 amide bonds. The van der Waals surface area contributed by atoms with Crippen LogP contribution in [0.15, 0.2) is 36.9 Å². The average molecular weight is 249 g/mol. The van der Waals surface area contributed by atoms with E-state index in [-0.39, 0.29) is 11.7 Å². The Bertz CT molecular complexity index is 439. The molecule has 1 aromatic rings. The highest BCUT2D eigenvalue weighted by Crippen LogP contribution is 2.07. The van der Waals surface area contributed by atoms with E-state index < -0.39 is 0 Å². The lowest BCUT2D eigenvalue weighted by atomic mass is 10.1. The molecule has 18 heavy (non-hydrogen) atoms. The van der Waals surface area contributed by atoms with Gasteiger partial charge in [0.1, 0.15) is 5.82 Å². The molecule has 1 aliphatic rings. The molecule has 0 spiro atoms. The second-order valence-corrected chi connectivity index (χ2v) is 4.55. The van der Waals surface area contributed by atoms with E-state index in [2.05, 4.69) is 6.58 Å². The Labute approximate surface area is 107 Å². The number of benzene rings is 1. The van der Waals surface area contributed by atoms with Crippen molar-refractivity contribution in [2.75, 3.05) is 32.7 Å². The summed E-state index contributed by atoms with van der Waals surface area (Å²) >= 11 is 0. The summed E-state index contributed by atoms with van der Waals surface area (Å²) < 4.78 is 13.1. The Kier molecular flexibility index (Phi) is 4.10. The molecule has 1 fully saturated rings. The first-order valence-corrected chi connectivity index (χ1v) is 6.20. The van der Waals surface area contributed by atoms with Crippen LogP contribution >= 0.6 is 0 Å². The summed E-state index contributed by atoms with van der Waals surface area (Å²) in [5, 5.41) is 0. The topological polar surface area (TPSA) is 24.8 Å². The molecule has 0 atom stereocenters. The molecule has 1 N–H and O–H groups in total. The summed E-state index contributed by atoms with van der Waals surface area (Å²) in [5.41, 5.74) is 0.433. The van der Waals surface area contributed by atoms with Crippen LogP contribution in [0.3, 0.4) is 0 Å². The molecule has 0 radical (unpaired) electrons. The van der Waals surface area contributed by atoms with Gasteiger partial charge in [0.05, 0.1) is 32.7 Å². The summed E-state index contributed by atoms with van der Waals surface area (Å²) in [6.45, 7) is 7.94. The Balaban J connectivity index is 1.97. The number of carbonyl (C=O) groups is 1. The Hall–Kier alpha value is -1.68. The molecule has 4 heteroatoms. The lowest BCUT2D eigenvalue weighted by Crippen LogP contribution is -3.14. The van der Waals surface area contributed by atoms with Crippen LogP contribution in [0.5, 0.6) is 0 Å². The summed E-state index contributed by atoms with van der Waals surface area (Å²) in [6, 6.07) is 5.88. The zero-order valence-corrected chi connectivity index (χ0v) is 10.4. The van der Waals surface area contributed by atoms with Crippen LogP contribution in [-0.2, 0) is 0 Å². The van der Waals surface area contributed by atoms with E-state index in [0.717, 1.165) is 32.7 Å². The van der Waals surface area contributed by atoms with Crippen LogP contribution in [0.1, 0.15) is 10.4 Å². The van der Waals surface area contributed by atoms with Gasteiger partial charge in [-0.05, 0) is 24.3 Å². The van der Waals surface area contributed by atoms with Gasteiger partial charge in [-0.1, -0.05) is 12.6 Å². The van der Waals surface area contributed by atoms with E-state index >= 15 is 0 Å². The van der Waals surface area contributed by atoms with E-state index in [4.69, 9.17) is 0 Å². The number of halogens is 1. The van der Waals surface area contributed by atoms with Gasteiger partial charge in [0.25, 0.3) is 5.91 Å². The fourth-order valence-corrected chi connectivity index (χ4v) is 2.24. The Morgan fingerprint density at radius 2 is 2.17 bits per heavy atom. The largest absolute Gasteiger partial charge is 0.329 e. The molecule has 1 aromatic carbocycles. The van der Waals surface area contributed by atoms with Crippen molar-refractivity contribution in [1.82, 2.24) is 4.90 Å². The third-order valence-corrected chi connectivity index (χ3v) is 3.26. The van der Waals surface area contributed by atoms with E-state index in [9.17, 15) is 9.18 Å². The zero-order chi connectivity index (χ0) is 13.0. The molecule has 2 rings (SSSR count). The summed E-state index contributed by atoms with van der Waals surface area (Å²) in [7, 11) is 0. The summed E-state index contributed by atoms with van der Waals surface area (Å²) in [6.07, 6.45) is 1.90. The first-order valence-electron chi connectivity index (χ1n) is 6.20. The number of piperazine rings is 1. The first kappa shape index (κ1) is 12.8. The fraction of sp³-hybridized carbons (Fsp3) is 0.357. The van der Waals surface area contributed by atoms with Crippen molar-refractivity contribution in [1.29, 1.82) is 0 Å². The smallest absolute Gasteiger partial charge is 0.254 e. The Morgan fingerprint density at radius 3 is 2.78 bits per heavy atom. The van der Waals surface area contributed by atoms with E-state index in [0.29, 0.717) is 5.56 Å². The second kappa shape index (κ2) is 5.78. The lowest BCUT2D eigenvalue weighted by Gasteiger charge is -2.31. The molecule has 0 aliphatic carbocycles. The minimum atomic E-state index is -0.364. The molecule has 96 valence electrons. The normalized spacial score (nSPS) is 16.6. The van der Waals surface area contributed by atoms with Gasteiger partial charge in [-0.25, -0.2) is 4.39 Å². The van der Waals surface area contributed by atoms with E-state index in [1.807, 2.05) is 6.08 Å². The van der Waals surface area contributed by atoms with Crippen molar-refractivity contribution >= 4 is 5.91 Å². The fourth-order valence-electron chi connectivity index (χ4n) is 2.24. The van der Waals surface area contributed by atoms with Crippen molar-refractivity contribution in [2.45, 2.75) is 0 Å². The van der Waals surface area contributed by atoms with Gasteiger partial charge >= 0.3 is 0 Å². The highest BCUT2D eigenvalue weighted by Gasteiger charge is 2.23. The van der Waals surface area contributed by atoms with Gasteiger partial charge in [0.15, 0.2) is 0 Å². The predicted molar refractivity (Wildman–Crippen MR) is 68.1 cm³/mol. The molecule has 3 nitrogen and oxygen atoms in total. The molecule has 0 bridgehead atoms. The molecular weight excluding hydrogens is 231 g/mol. The van der Waals surface area contributed by atoms with Crippen molar-refractivity contribution < 1.29 is 14.1 Å². The summed E-state index contributed by atoms with van der Waals surface area (Å²) in [4.78, 5) is 15.4. The number of quaternary nitrogens is 1. The van der Waals surface area contributed by atoms with Crippen molar-refractivity contribution in [3.05, 3.63) is 48.3 Å². The maximum atomic E-state index is 13.1. The van der Waals surface area contributed by atoms with Crippen molar-refractivity contribution in [3.63, 3.8) is 0 Å². The van der Waals surface area contributed by atoms with Crippen LogP contribution < -0.4 is 4.90 Å². The van der Waals surface area contributed by atoms with E-state index in [1.54, 1.807) is 17.0 Å². The van der Waals surface area contributed by atoms with Crippen molar-refractivity contribution in [3.8, 4) is 0 Å². The van der Waals surface area contributed by atoms with E-state index in [1.165, 1.54) is 17.0 Å². The quantitative estimate of drug-likeness (QED) is 0.768. The molecule has 1 saturated heterocycles. The molecule has 0 unspecified atom stereocenters. The minimum Gasteiger partial charge on any atom is -0.329 e. The van der Waals surface area contributed by atoms with Crippen molar-refractivity contribution in [2.24, 2.45) is 0 Å². The number of nitrogens with zero attached hydrogens (tertiary/aromatic N) is 1. The number of amides is 1. The number of nitrogens with one attached hydrogen (secondary N) is 1. The zero-order valence-electron chi connectivity index (χ0n) is 10.4. The summed E-state index contributed by atoms with van der Waals surface area (Å²) in [5.74, 6) is -0.441. The molecule has 1 aliphatic heterocycles. The van der Waals surface area contributed by atoms with Gasteiger partial charge < -0.3 is 9.80 Å². The highest BCUT2D eigenvalue weighted by molar-refractivity contribution is 5.94. The van der Waals surface area contributed by atoms with Gasteiger partial charge in [-0.2, -0.15) is 0 Å². The number of carbonyl (C=O) groups excluding carboxylic acids is 1. The third kappa shape index (κ3) is 2.96. The second-order valence-electron chi connectivity index (χ2n) is 4.55. The highest BCUT2D eigenvalue weighted by atomic mass is 19.1. The van der Waals surface area contributed by atoms with Crippen LogP contribution in [0.25, 0.3) is 0 Å². The third-order valence-electron chi connectivity index (χ3n) is 3.26. The standard InChI is InChI=1S/C14H17FN2O/c1-2-6-16-7-9-17(10-8-16)14(18)12-4-3-5-13(15)11-12/h2-5,11H,1,6-10H2/p+1. The van der Waals surface area contributed by atoms with Gasteiger partial charge in [-0.3, -0.25) is 4.79 Å². The van der Waals surface area contributed by atoms with Gasteiger partial charge in [-0.15, -0.1) is 0 Å². The lowest BCUT2D eigenvalue weighted by molar-refractivity contribution is -0.898. The molecule has 0 aromatic heterocycles. The maximum absolute atomic E-state index is 13.1. The van der Waals surface area contributed by atoms with Crippen LogP contribution in [-0.4, -0.2) is 43.5 Å². The first-order chi connectivity index (χ1) is 8.70. The number of rotatable bonds is 3. The number of hydrogen-bond donors (Lipinski definition) is 1. The van der Waals surface area contributed by atoms with Gasteiger partial charge in [0, 0.05) is 5.56 Å². The number of hydrogen-bond acceptors (Lipinski definition) is 1. The predicted octanol–water partition coefficient (Wildman–Crippen LogP) is 0.352. The average Bonchev–Trinajstić information content (AvgIpc) is 2.39. The minimum absolute atomic E-state index is 0.0767.